The van der Waals surface area contributed by atoms with Crippen molar-refractivity contribution < 1.29 is 4.79 Å². The van der Waals surface area contributed by atoms with Crippen LogP contribution in [0, 0.1) is 0 Å². The number of carbonyl (C=O) groups excluding carboxylic acids is 1. The molecule has 1 fully saturated rings. The Labute approximate surface area is 174 Å². The number of piperazine rings is 1. The first-order valence-electron chi connectivity index (χ1n) is 8.89. The van der Waals surface area contributed by atoms with E-state index in [9.17, 15) is 4.79 Å². The highest BCUT2D eigenvalue weighted by Crippen LogP contribution is 2.29. The van der Waals surface area contributed by atoms with E-state index in [0.717, 1.165) is 36.6 Å². The molecule has 4 nitrogen and oxygen atoms in total. The fourth-order valence-corrected chi connectivity index (χ4v) is 4.32. The molecule has 1 heterocycles. The van der Waals surface area contributed by atoms with Gasteiger partial charge in [-0.15, -0.1) is 11.8 Å². The number of carbonyl (C=O) groups is 1. The summed E-state index contributed by atoms with van der Waals surface area (Å²) < 4.78 is 0. The average Bonchev–Trinajstić information content (AvgIpc) is 2.68. The third-order valence-electron chi connectivity index (χ3n) is 4.56. The van der Waals surface area contributed by atoms with E-state index in [1.165, 1.54) is 17.4 Å². The zero-order chi connectivity index (χ0) is 19.2. The second-order valence-electron chi connectivity index (χ2n) is 6.56. The summed E-state index contributed by atoms with van der Waals surface area (Å²) in [6, 6.07) is 13.5. The minimum atomic E-state index is -0.0239. The lowest BCUT2D eigenvalue weighted by Crippen LogP contribution is -2.45. The van der Waals surface area contributed by atoms with Gasteiger partial charge in [-0.3, -0.25) is 4.79 Å². The molecule has 7 heteroatoms. The molecule has 27 heavy (non-hydrogen) atoms. The molecule has 1 aliphatic rings. The van der Waals surface area contributed by atoms with E-state index in [1.54, 1.807) is 18.2 Å². The van der Waals surface area contributed by atoms with Crippen molar-refractivity contribution in [1.82, 2.24) is 10.2 Å². The van der Waals surface area contributed by atoms with Crippen LogP contribution in [0.5, 0.6) is 0 Å². The molecule has 0 atom stereocenters. The number of thioether (sulfide) groups is 1. The topological polar surface area (TPSA) is 35.6 Å². The average molecular weight is 424 g/mol. The van der Waals surface area contributed by atoms with Crippen LogP contribution in [0.1, 0.15) is 5.56 Å². The summed E-state index contributed by atoms with van der Waals surface area (Å²) in [5.41, 5.74) is 2.35. The van der Waals surface area contributed by atoms with Crippen LogP contribution in [0.4, 0.5) is 5.69 Å². The Balaban J connectivity index is 1.55. The Morgan fingerprint density at radius 3 is 2.63 bits per heavy atom. The number of rotatable bonds is 6. The zero-order valence-electron chi connectivity index (χ0n) is 15.3. The van der Waals surface area contributed by atoms with E-state index in [-0.39, 0.29) is 5.91 Å². The summed E-state index contributed by atoms with van der Waals surface area (Å²) >= 11 is 13.5. The Hall–Kier alpha value is -1.40. The molecule has 1 aliphatic heterocycles. The Morgan fingerprint density at radius 2 is 1.85 bits per heavy atom. The molecule has 144 valence electrons. The van der Waals surface area contributed by atoms with Crippen LogP contribution >= 0.6 is 35.0 Å². The molecule has 0 radical (unpaired) electrons. The van der Waals surface area contributed by atoms with E-state index in [0.29, 0.717) is 22.3 Å². The third-order valence-corrected chi connectivity index (χ3v) is 6.30. The Bertz CT molecular complexity index is 795. The number of halogens is 2. The lowest BCUT2D eigenvalue weighted by atomic mass is 10.1. The molecule has 1 saturated heterocycles. The van der Waals surface area contributed by atoms with Crippen molar-refractivity contribution in [2.75, 3.05) is 43.9 Å². The van der Waals surface area contributed by atoms with Crippen LogP contribution in [-0.2, 0) is 11.3 Å². The molecule has 0 saturated carbocycles. The van der Waals surface area contributed by atoms with Crippen LogP contribution in [-0.4, -0.2) is 49.8 Å². The summed E-state index contributed by atoms with van der Waals surface area (Å²) in [7, 11) is 2.15. The highest BCUT2D eigenvalue weighted by molar-refractivity contribution is 8.00. The van der Waals surface area contributed by atoms with Crippen molar-refractivity contribution in [3.8, 4) is 0 Å². The summed E-state index contributed by atoms with van der Waals surface area (Å²) in [5.74, 6) is 0.278. The maximum Gasteiger partial charge on any atom is 0.230 e. The molecular weight excluding hydrogens is 401 g/mol. The van der Waals surface area contributed by atoms with Gasteiger partial charge >= 0.3 is 0 Å². The minimum absolute atomic E-state index is 0.0239. The number of anilines is 1. The van der Waals surface area contributed by atoms with Crippen molar-refractivity contribution >= 4 is 46.6 Å². The first-order chi connectivity index (χ1) is 13.0. The predicted octanol–water partition coefficient (Wildman–Crippen LogP) is 4.15. The maximum absolute atomic E-state index is 12.3. The molecule has 0 spiro atoms. The van der Waals surface area contributed by atoms with E-state index in [4.69, 9.17) is 23.2 Å². The Kier molecular flexibility index (Phi) is 7.30. The van der Waals surface area contributed by atoms with Crippen molar-refractivity contribution in [2.45, 2.75) is 11.4 Å². The smallest absolute Gasteiger partial charge is 0.230 e. The lowest BCUT2D eigenvalue weighted by Gasteiger charge is -2.35. The lowest BCUT2D eigenvalue weighted by molar-refractivity contribution is -0.118. The number of amides is 1. The molecule has 2 aromatic carbocycles. The number of likely N-dealkylation sites (N-methyl/N-ethyl adjacent to an activating group) is 1. The number of benzene rings is 2. The minimum Gasteiger partial charge on any atom is -0.369 e. The van der Waals surface area contributed by atoms with Crippen LogP contribution in [0.2, 0.25) is 10.0 Å². The van der Waals surface area contributed by atoms with E-state index in [2.05, 4.69) is 40.4 Å². The van der Waals surface area contributed by atoms with Gasteiger partial charge in [0.1, 0.15) is 0 Å². The monoisotopic (exact) mass is 423 g/mol. The highest BCUT2D eigenvalue weighted by Gasteiger charge is 2.17. The third kappa shape index (κ3) is 5.79. The van der Waals surface area contributed by atoms with Crippen LogP contribution in [0.15, 0.2) is 47.4 Å². The molecule has 0 aliphatic carbocycles. The van der Waals surface area contributed by atoms with Crippen molar-refractivity contribution in [3.05, 3.63) is 58.1 Å². The van der Waals surface area contributed by atoms with Gasteiger partial charge in [0, 0.05) is 48.3 Å². The van der Waals surface area contributed by atoms with Crippen molar-refractivity contribution in [1.29, 1.82) is 0 Å². The molecular formula is C20H23Cl2N3OS. The molecule has 0 unspecified atom stereocenters. The van der Waals surface area contributed by atoms with E-state index >= 15 is 0 Å². The van der Waals surface area contributed by atoms with Crippen LogP contribution < -0.4 is 10.2 Å². The quantitative estimate of drug-likeness (QED) is 0.707. The normalized spacial score (nSPS) is 15.0. The summed E-state index contributed by atoms with van der Waals surface area (Å²) in [6.45, 7) is 4.63. The number of hydrogen-bond acceptors (Lipinski definition) is 4. The standard InChI is InChI=1S/C20H23Cl2N3OS/c1-24-8-10-25(11-9-24)18-5-3-2-4-15(18)13-23-20(26)14-27-19-12-16(21)6-7-17(19)22/h2-7,12H,8-11,13-14H2,1H3,(H,23,26). The fraction of sp³-hybridized carbons (Fsp3) is 0.350. The van der Waals surface area contributed by atoms with Crippen LogP contribution in [0.3, 0.4) is 0 Å². The van der Waals surface area contributed by atoms with Gasteiger partial charge in [-0.1, -0.05) is 41.4 Å². The van der Waals surface area contributed by atoms with Crippen LogP contribution in [0.25, 0.3) is 0 Å². The number of nitrogens with one attached hydrogen (secondary N) is 1. The molecule has 2 aromatic rings. The summed E-state index contributed by atoms with van der Waals surface area (Å²) in [4.78, 5) is 17.8. The molecule has 1 amide bonds. The van der Waals surface area contributed by atoms with Crippen molar-refractivity contribution in [2.24, 2.45) is 0 Å². The largest absolute Gasteiger partial charge is 0.369 e. The second-order valence-corrected chi connectivity index (χ2v) is 8.42. The summed E-state index contributed by atoms with van der Waals surface area (Å²) in [6.07, 6.45) is 0. The maximum atomic E-state index is 12.3. The Morgan fingerprint density at radius 1 is 1.11 bits per heavy atom. The second kappa shape index (κ2) is 9.69. The molecule has 3 rings (SSSR count). The van der Waals surface area contributed by atoms with Gasteiger partial charge < -0.3 is 15.1 Å². The van der Waals surface area contributed by atoms with Gasteiger partial charge in [-0.05, 0) is 36.9 Å². The van der Waals surface area contributed by atoms with E-state index in [1.807, 2.05) is 6.07 Å². The number of hydrogen-bond donors (Lipinski definition) is 1. The van der Waals surface area contributed by atoms with E-state index < -0.39 is 0 Å². The number of para-hydroxylation sites is 1. The first kappa shape index (κ1) is 20.3. The van der Waals surface area contributed by atoms with Gasteiger partial charge in [0.15, 0.2) is 0 Å². The van der Waals surface area contributed by atoms with Gasteiger partial charge in [0.05, 0.1) is 10.8 Å². The van der Waals surface area contributed by atoms with Gasteiger partial charge in [-0.25, -0.2) is 0 Å². The van der Waals surface area contributed by atoms with Gasteiger partial charge in [0.2, 0.25) is 5.91 Å². The SMILES string of the molecule is CN1CCN(c2ccccc2CNC(=O)CSc2cc(Cl)ccc2Cl)CC1. The molecule has 0 aromatic heterocycles. The molecule has 1 N–H and O–H groups in total. The van der Waals surface area contributed by atoms with Crippen molar-refractivity contribution in [3.63, 3.8) is 0 Å². The van der Waals surface area contributed by atoms with Gasteiger partial charge in [0.25, 0.3) is 0 Å². The zero-order valence-corrected chi connectivity index (χ0v) is 17.6. The summed E-state index contributed by atoms with van der Waals surface area (Å²) in [5, 5.41) is 4.24. The first-order valence-corrected chi connectivity index (χ1v) is 10.6. The number of nitrogens with zero attached hydrogens (tertiary/aromatic N) is 2. The fourth-order valence-electron chi connectivity index (χ4n) is 2.99. The predicted molar refractivity (Wildman–Crippen MR) is 115 cm³/mol. The highest BCUT2D eigenvalue weighted by atomic mass is 35.5. The van der Waals surface area contributed by atoms with Gasteiger partial charge in [-0.2, -0.15) is 0 Å². The molecule has 0 bridgehead atoms.